The van der Waals surface area contributed by atoms with Gasteiger partial charge in [0.15, 0.2) is 5.04 Å². The number of alkyl halides is 2. The Kier molecular flexibility index (Phi) is 4.85. The number of nitrogens with two attached hydrogens (primary N) is 1. The quantitative estimate of drug-likeness (QED) is 0.769. The molecule has 1 amide bonds. The van der Waals surface area contributed by atoms with Gasteiger partial charge in [-0.05, 0) is 25.0 Å². The van der Waals surface area contributed by atoms with E-state index >= 15 is 0 Å². The fourth-order valence-corrected chi connectivity index (χ4v) is 4.67. The molecule has 0 spiro atoms. The highest BCUT2D eigenvalue weighted by Gasteiger charge is 2.47. The summed E-state index contributed by atoms with van der Waals surface area (Å²) >= 11 is 1.10. The molecule has 4 rings (SSSR count). The molecule has 0 saturated heterocycles. The first kappa shape index (κ1) is 18.9. The number of thioether (sulfide) groups is 1. The molecule has 3 heterocycles. The van der Waals surface area contributed by atoms with Crippen molar-refractivity contribution in [2.45, 2.75) is 48.6 Å². The van der Waals surface area contributed by atoms with Gasteiger partial charge in [0.2, 0.25) is 0 Å². The maximum atomic E-state index is 14.2. The highest BCUT2D eigenvalue weighted by Crippen LogP contribution is 2.39. The van der Waals surface area contributed by atoms with E-state index in [1.165, 1.54) is 0 Å². The summed E-state index contributed by atoms with van der Waals surface area (Å²) < 4.78 is 30.1. The number of amides is 1. The number of terminal acetylenes is 1. The molecule has 9 heteroatoms. The fraction of sp³-hybridized carbons (Fsp3) is 0.421. The summed E-state index contributed by atoms with van der Waals surface area (Å²) in [4.78, 5) is 17.1. The number of hydrogen-bond donors (Lipinski definition) is 2. The first-order valence-electron chi connectivity index (χ1n) is 8.98. The Hall–Kier alpha value is -2.44. The second-order valence-corrected chi connectivity index (χ2v) is 8.11. The van der Waals surface area contributed by atoms with Crippen LogP contribution in [0, 0.1) is 12.3 Å². The molecule has 1 aliphatic carbocycles. The zero-order valence-corrected chi connectivity index (χ0v) is 15.7. The molecular weight excluding hydrogens is 384 g/mol. The molecule has 1 fully saturated rings. The van der Waals surface area contributed by atoms with Crippen molar-refractivity contribution in [3.63, 3.8) is 0 Å². The van der Waals surface area contributed by atoms with Gasteiger partial charge in [-0.1, -0.05) is 23.7 Å². The Morgan fingerprint density at radius 2 is 2.29 bits per heavy atom. The van der Waals surface area contributed by atoms with E-state index in [0.717, 1.165) is 22.8 Å². The van der Waals surface area contributed by atoms with Gasteiger partial charge in [-0.25, -0.2) is 13.3 Å². The topological polar surface area (TPSA) is 84.8 Å². The third kappa shape index (κ3) is 3.27. The predicted molar refractivity (Wildman–Crippen MR) is 104 cm³/mol. The summed E-state index contributed by atoms with van der Waals surface area (Å²) in [5, 5.41) is 6.34. The Bertz CT molecular complexity index is 982. The smallest absolute Gasteiger partial charge is 0.276 e. The van der Waals surface area contributed by atoms with Gasteiger partial charge in [-0.2, -0.15) is 5.10 Å². The summed E-state index contributed by atoms with van der Waals surface area (Å²) in [6.45, 7) is 0. The van der Waals surface area contributed by atoms with Crippen LogP contribution in [-0.4, -0.2) is 43.8 Å². The second-order valence-electron chi connectivity index (χ2n) is 6.98. The van der Waals surface area contributed by atoms with Crippen molar-refractivity contribution in [3.05, 3.63) is 36.2 Å². The molecule has 0 bridgehead atoms. The molecule has 4 atom stereocenters. The van der Waals surface area contributed by atoms with E-state index in [2.05, 4.69) is 21.3 Å². The lowest BCUT2D eigenvalue weighted by Gasteiger charge is -2.36. The van der Waals surface area contributed by atoms with Crippen molar-refractivity contribution in [1.29, 1.82) is 0 Å². The van der Waals surface area contributed by atoms with Crippen molar-refractivity contribution in [2.24, 2.45) is 10.7 Å². The van der Waals surface area contributed by atoms with Crippen molar-refractivity contribution < 1.29 is 13.6 Å². The number of hydrogen-bond acceptors (Lipinski definition) is 5. The van der Waals surface area contributed by atoms with Crippen LogP contribution in [0.1, 0.15) is 30.9 Å². The van der Waals surface area contributed by atoms with E-state index in [4.69, 9.17) is 12.2 Å². The van der Waals surface area contributed by atoms with E-state index in [9.17, 15) is 13.6 Å². The minimum atomic E-state index is -3.04. The molecule has 3 N–H and O–H groups in total. The molecule has 2 aliphatic rings. The number of rotatable bonds is 3. The Labute approximate surface area is 165 Å². The van der Waals surface area contributed by atoms with Gasteiger partial charge in [0.25, 0.3) is 11.8 Å². The molecule has 2 unspecified atom stereocenters. The number of aliphatic imine (C=N–C) groups is 1. The molecule has 1 saturated carbocycles. The molecule has 0 radical (unpaired) electrons. The van der Waals surface area contributed by atoms with Crippen LogP contribution >= 0.6 is 11.8 Å². The van der Waals surface area contributed by atoms with Crippen molar-refractivity contribution in [2.75, 3.05) is 0 Å². The first-order valence-corrected chi connectivity index (χ1v) is 9.86. The van der Waals surface area contributed by atoms with Gasteiger partial charge in [-0.15, -0.1) is 6.42 Å². The molecule has 1 aliphatic heterocycles. The monoisotopic (exact) mass is 403 g/mol. The number of nitrogens with zero attached hydrogens (tertiary/aromatic N) is 3. The van der Waals surface area contributed by atoms with Crippen LogP contribution < -0.4 is 11.1 Å². The van der Waals surface area contributed by atoms with E-state index in [0.29, 0.717) is 12.8 Å². The van der Waals surface area contributed by atoms with E-state index < -0.39 is 35.2 Å². The molecular formula is C19H19F2N5OS. The molecule has 2 aromatic rings. The number of carbonyl (C=O) groups excluding carboxylic acids is 1. The highest BCUT2D eigenvalue weighted by molar-refractivity contribution is 8.16. The third-order valence-electron chi connectivity index (χ3n) is 5.13. The van der Waals surface area contributed by atoms with E-state index in [1.807, 2.05) is 18.2 Å². The van der Waals surface area contributed by atoms with Crippen molar-refractivity contribution >= 4 is 28.2 Å². The van der Waals surface area contributed by atoms with Crippen molar-refractivity contribution in [1.82, 2.24) is 14.9 Å². The van der Waals surface area contributed by atoms with E-state index in [-0.39, 0.29) is 11.5 Å². The summed E-state index contributed by atoms with van der Waals surface area (Å²) in [6.07, 6.45) is 9.61. The van der Waals surface area contributed by atoms with Crippen LogP contribution in [0.5, 0.6) is 0 Å². The van der Waals surface area contributed by atoms with Gasteiger partial charge < -0.3 is 11.1 Å². The third-order valence-corrected chi connectivity index (χ3v) is 6.29. The largest absolute Gasteiger partial charge is 0.340 e. The minimum Gasteiger partial charge on any atom is -0.340 e. The van der Waals surface area contributed by atoms with Crippen LogP contribution in [0.25, 0.3) is 5.52 Å². The number of nitrogens with one attached hydrogen (secondary N) is 1. The zero-order chi connectivity index (χ0) is 19.9. The summed E-state index contributed by atoms with van der Waals surface area (Å²) in [5.41, 5.74) is 7.46. The molecule has 0 aromatic carbocycles. The number of carbonyl (C=O) groups is 1. The summed E-state index contributed by atoms with van der Waals surface area (Å²) in [6, 6.07) is 2.93. The van der Waals surface area contributed by atoms with Gasteiger partial charge in [-0.3, -0.25) is 9.79 Å². The van der Waals surface area contributed by atoms with Crippen LogP contribution in [0.3, 0.4) is 0 Å². The molecule has 28 heavy (non-hydrogen) atoms. The average molecular weight is 403 g/mol. The lowest BCUT2D eigenvalue weighted by atomic mass is 9.87. The maximum absolute atomic E-state index is 14.2. The first-order chi connectivity index (χ1) is 13.4. The molecule has 2 aromatic heterocycles. The van der Waals surface area contributed by atoms with Crippen molar-refractivity contribution in [3.8, 4) is 12.3 Å². The van der Waals surface area contributed by atoms with Gasteiger partial charge >= 0.3 is 0 Å². The second kappa shape index (κ2) is 7.18. The Morgan fingerprint density at radius 3 is 3.04 bits per heavy atom. The van der Waals surface area contributed by atoms with Gasteiger partial charge in [0.05, 0.1) is 17.0 Å². The van der Waals surface area contributed by atoms with Gasteiger partial charge in [0, 0.05) is 24.2 Å². The normalized spacial score (nSPS) is 29.3. The number of fused-ring (bicyclic) bond motifs is 1. The summed E-state index contributed by atoms with van der Waals surface area (Å²) in [7, 11) is 0. The van der Waals surface area contributed by atoms with Crippen LogP contribution in [0.4, 0.5) is 8.78 Å². The maximum Gasteiger partial charge on any atom is 0.276 e. The molecule has 146 valence electrons. The van der Waals surface area contributed by atoms with E-state index in [1.54, 1.807) is 16.9 Å². The van der Waals surface area contributed by atoms with Gasteiger partial charge in [0.1, 0.15) is 12.1 Å². The fourth-order valence-electron chi connectivity index (χ4n) is 3.69. The number of aromatic nitrogens is 2. The average Bonchev–Trinajstić information content (AvgIpc) is 3.28. The number of halogens is 2. The number of pyridine rings is 1. The zero-order valence-electron chi connectivity index (χ0n) is 14.9. The van der Waals surface area contributed by atoms with Crippen LogP contribution in [-0.2, 0) is 4.79 Å². The predicted octanol–water partition coefficient (Wildman–Crippen LogP) is 2.15. The van der Waals surface area contributed by atoms with Crippen LogP contribution in [0.2, 0.25) is 0 Å². The SMILES string of the molecule is C#CC1SC(C(=O)N[C@@H]2[C@H](N)CCCC2(F)F)=NC1c1cnn2ccccc12. The Balaban J connectivity index is 1.59. The minimum absolute atomic E-state index is 0.0943. The van der Waals surface area contributed by atoms with Crippen LogP contribution in [0.15, 0.2) is 35.6 Å². The highest BCUT2D eigenvalue weighted by atomic mass is 32.2. The standard InChI is InChI=1S/C19H19F2N5OS/c1-2-14-15(11-10-23-26-9-4-3-7-13(11)26)24-18(28-14)17(27)25-16-12(22)6-5-8-19(16,20)21/h1,3-4,7,9-10,12,14-16H,5-6,8,22H2,(H,25,27)/t12-,14?,15?,16-/m1/s1. The lowest BCUT2D eigenvalue weighted by molar-refractivity contribution is -0.122. The summed E-state index contributed by atoms with van der Waals surface area (Å²) in [5.74, 6) is -1.06. The molecule has 6 nitrogen and oxygen atoms in total. The Morgan fingerprint density at radius 1 is 1.46 bits per heavy atom. The lowest BCUT2D eigenvalue weighted by Crippen LogP contribution is -2.60.